The second kappa shape index (κ2) is 4.99. The summed E-state index contributed by atoms with van der Waals surface area (Å²) in [5.74, 6) is 1.80. The van der Waals surface area contributed by atoms with Crippen LogP contribution in [0, 0.1) is 5.92 Å². The third-order valence-corrected chi connectivity index (χ3v) is 2.90. The van der Waals surface area contributed by atoms with Crippen molar-refractivity contribution in [1.29, 1.82) is 0 Å². The molecule has 0 atom stereocenters. The lowest BCUT2D eigenvalue weighted by Gasteiger charge is -2.09. The first kappa shape index (κ1) is 9.50. The molecule has 0 spiro atoms. The van der Waals surface area contributed by atoms with Crippen molar-refractivity contribution in [2.45, 2.75) is 32.1 Å². The molecule has 1 heterocycles. The zero-order valence-corrected chi connectivity index (χ0v) is 8.48. The van der Waals surface area contributed by atoms with E-state index in [4.69, 9.17) is 4.74 Å². The molecule has 0 unspecified atom stereocenters. The van der Waals surface area contributed by atoms with Gasteiger partial charge in [-0.15, -0.1) is 0 Å². The van der Waals surface area contributed by atoms with Crippen molar-refractivity contribution in [1.82, 2.24) is 4.98 Å². The Morgan fingerprint density at radius 3 is 2.93 bits per heavy atom. The van der Waals surface area contributed by atoms with Gasteiger partial charge in [0.05, 0.1) is 12.8 Å². The van der Waals surface area contributed by atoms with Gasteiger partial charge in [-0.3, -0.25) is 4.98 Å². The molecule has 1 aliphatic rings. The first-order chi connectivity index (χ1) is 6.95. The van der Waals surface area contributed by atoms with Crippen molar-refractivity contribution >= 4 is 0 Å². The maximum Gasteiger partial charge on any atom is 0.137 e. The highest BCUT2D eigenvalue weighted by molar-refractivity contribution is 5.15. The zero-order chi connectivity index (χ0) is 9.64. The maximum atomic E-state index is 5.61. The number of pyridine rings is 1. The summed E-state index contributed by atoms with van der Waals surface area (Å²) >= 11 is 0. The summed E-state index contributed by atoms with van der Waals surface area (Å²) in [5, 5.41) is 0. The van der Waals surface area contributed by atoms with Gasteiger partial charge in [-0.2, -0.15) is 0 Å². The van der Waals surface area contributed by atoms with Crippen LogP contribution in [-0.4, -0.2) is 11.6 Å². The number of hydrogen-bond donors (Lipinski definition) is 0. The topological polar surface area (TPSA) is 22.1 Å². The van der Waals surface area contributed by atoms with Crippen LogP contribution >= 0.6 is 0 Å². The molecular weight excluding hydrogens is 174 g/mol. The van der Waals surface area contributed by atoms with Crippen LogP contribution in [0.25, 0.3) is 0 Å². The summed E-state index contributed by atoms with van der Waals surface area (Å²) in [6.45, 7) is 0.844. The van der Waals surface area contributed by atoms with Gasteiger partial charge in [0, 0.05) is 6.20 Å². The van der Waals surface area contributed by atoms with Crippen LogP contribution in [0.15, 0.2) is 24.5 Å². The second-order valence-electron chi connectivity index (χ2n) is 3.98. The molecule has 2 nitrogen and oxygen atoms in total. The largest absolute Gasteiger partial charge is 0.492 e. The minimum absolute atomic E-state index is 0.844. The van der Waals surface area contributed by atoms with Crippen LogP contribution in [-0.2, 0) is 0 Å². The third-order valence-electron chi connectivity index (χ3n) is 2.90. The quantitative estimate of drug-likeness (QED) is 0.729. The van der Waals surface area contributed by atoms with Crippen molar-refractivity contribution in [3.8, 4) is 5.75 Å². The highest BCUT2D eigenvalue weighted by Gasteiger charge is 2.14. The predicted molar refractivity (Wildman–Crippen MR) is 56.3 cm³/mol. The molecule has 1 fully saturated rings. The number of ether oxygens (including phenoxy) is 1. The molecule has 0 radical (unpaired) electrons. The zero-order valence-electron chi connectivity index (χ0n) is 8.48. The molecule has 0 bridgehead atoms. The smallest absolute Gasteiger partial charge is 0.137 e. The summed E-state index contributed by atoms with van der Waals surface area (Å²) in [4.78, 5) is 4.01. The van der Waals surface area contributed by atoms with Gasteiger partial charge in [0.1, 0.15) is 5.75 Å². The van der Waals surface area contributed by atoms with Gasteiger partial charge >= 0.3 is 0 Å². The molecule has 0 saturated heterocycles. The van der Waals surface area contributed by atoms with Gasteiger partial charge in [0.25, 0.3) is 0 Å². The fourth-order valence-electron chi connectivity index (χ4n) is 2.07. The van der Waals surface area contributed by atoms with E-state index < -0.39 is 0 Å². The molecule has 0 aliphatic heterocycles. The van der Waals surface area contributed by atoms with Crippen LogP contribution in [0.5, 0.6) is 5.75 Å². The lowest BCUT2D eigenvalue weighted by atomic mass is 10.1. The van der Waals surface area contributed by atoms with E-state index in [1.165, 1.54) is 32.1 Å². The minimum Gasteiger partial charge on any atom is -0.492 e. The van der Waals surface area contributed by atoms with E-state index in [0.29, 0.717) is 0 Å². The number of hydrogen-bond acceptors (Lipinski definition) is 2. The van der Waals surface area contributed by atoms with E-state index in [1.807, 2.05) is 12.1 Å². The second-order valence-corrected chi connectivity index (χ2v) is 3.98. The lowest BCUT2D eigenvalue weighted by molar-refractivity contribution is 0.278. The van der Waals surface area contributed by atoms with Crippen LogP contribution in [0.4, 0.5) is 0 Å². The number of rotatable bonds is 4. The molecule has 14 heavy (non-hydrogen) atoms. The van der Waals surface area contributed by atoms with E-state index in [1.54, 1.807) is 12.4 Å². The molecule has 1 aliphatic carbocycles. The molecule has 1 aromatic heterocycles. The Morgan fingerprint density at radius 1 is 1.36 bits per heavy atom. The Kier molecular flexibility index (Phi) is 3.39. The lowest BCUT2D eigenvalue weighted by Crippen LogP contribution is -2.03. The molecular formula is C12H17NO. The summed E-state index contributed by atoms with van der Waals surface area (Å²) in [6, 6.07) is 3.87. The third kappa shape index (κ3) is 2.72. The summed E-state index contributed by atoms with van der Waals surface area (Å²) < 4.78 is 5.61. The Labute approximate surface area is 85.3 Å². The Bertz CT molecular complexity index is 254. The molecule has 1 aromatic rings. The van der Waals surface area contributed by atoms with E-state index in [-0.39, 0.29) is 0 Å². The van der Waals surface area contributed by atoms with Gasteiger partial charge in [0.15, 0.2) is 0 Å². The SMILES string of the molecule is c1cncc(OCCC2CCCC2)c1. The van der Waals surface area contributed by atoms with E-state index >= 15 is 0 Å². The highest BCUT2D eigenvalue weighted by Crippen LogP contribution is 2.27. The molecule has 76 valence electrons. The summed E-state index contributed by atoms with van der Waals surface area (Å²) in [6.07, 6.45) is 10.4. The van der Waals surface area contributed by atoms with Crippen LogP contribution in [0.1, 0.15) is 32.1 Å². The minimum atomic E-state index is 0.844. The molecule has 0 aromatic carbocycles. The van der Waals surface area contributed by atoms with Crippen molar-refractivity contribution in [2.24, 2.45) is 5.92 Å². The fraction of sp³-hybridized carbons (Fsp3) is 0.583. The molecule has 0 amide bonds. The number of nitrogens with zero attached hydrogens (tertiary/aromatic N) is 1. The van der Waals surface area contributed by atoms with Crippen molar-refractivity contribution < 1.29 is 4.74 Å². The van der Waals surface area contributed by atoms with Crippen molar-refractivity contribution in [3.63, 3.8) is 0 Å². The van der Waals surface area contributed by atoms with Gasteiger partial charge in [-0.25, -0.2) is 0 Å². The molecule has 0 N–H and O–H groups in total. The van der Waals surface area contributed by atoms with Gasteiger partial charge in [-0.05, 0) is 24.5 Å². The fourth-order valence-corrected chi connectivity index (χ4v) is 2.07. The molecule has 2 heteroatoms. The molecule has 2 rings (SSSR count). The Hall–Kier alpha value is -1.05. The Morgan fingerprint density at radius 2 is 2.21 bits per heavy atom. The van der Waals surface area contributed by atoms with E-state index in [9.17, 15) is 0 Å². The van der Waals surface area contributed by atoms with Gasteiger partial charge in [0.2, 0.25) is 0 Å². The van der Waals surface area contributed by atoms with Crippen LogP contribution in [0.2, 0.25) is 0 Å². The maximum absolute atomic E-state index is 5.61. The summed E-state index contributed by atoms with van der Waals surface area (Å²) in [5.41, 5.74) is 0. The van der Waals surface area contributed by atoms with Crippen LogP contribution < -0.4 is 4.74 Å². The Balaban J connectivity index is 1.67. The first-order valence-corrected chi connectivity index (χ1v) is 5.48. The van der Waals surface area contributed by atoms with E-state index in [2.05, 4.69) is 4.98 Å². The van der Waals surface area contributed by atoms with Crippen molar-refractivity contribution in [3.05, 3.63) is 24.5 Å². The van der Waals surface area contributed by atoms with Crippen LogP contribution in [0.3, 0.4) is 0 Å². The average Bonchev–Trinajstić information content (AvgIpc) is 2.72. The standard InChI is InChI=1S/C12H17NO/c1-2-5-11(4-1)7-9-14-12-6-3-8-13-10-12/h3,6,8,10-11H,1-2,4-5,7,9H2. The van der Waals surface area contributed by atoms with Crippen molar-refractivity contribution in [2.75, 3.05) is 6.61 Å². The van der Waals surface area contributed by atoms with E-state index in [0.717, 1.165) is 18.3 Å². The molecule has 1 saturated carbocycles. The summed E-state index contributed by atoms with van der Waals surface area (Å²) in [7, 11) is 0. The monoisotopic (exact) mass is 191 g/mol. The average molecular weight is 191 g/mol. The predicted octanol–water partition coefficient (Wildman–Crippen LogP) is 3.04. The van der Waals surface area contributed by atoms with Gasteiger partial charge in [-0.1, -0.05) is 25.7 Å². The first-order valence-electron chi connectivity index (χ1n) is 5.48. The normalized spacial score (nSPS) is 17.1. The van der Waals surface area contributed by atoms with Gasteiger partial charge < -0.3 is 4.74 Å². The highest BCUT2D eigenvalue weighted by atomic mass is 16.5. The number of aromatic nitrogens is 1.